The second-order valence-corrected chi connectivity index (χ2v) is 6.35. The van der Waals surface area contributed by atoms with Crippen molar-refractivity contribution >= 4 is 5.97 Å². The van der Waals surface area contributed by atoms with Gasteiger partial charge in [0.1, 0.15) is 24.5 Å². The molecule has 0 fully saturated rings. The molecule has 2 aromatic heterocycles. The number of benzene rings is 2. The first-order valence-electron chi connectivity index (χ1n) is 9.17. The lowest BCUT2D eigenvalue weighted by Gasteiger charge is -2.08. The molecule has 0 bridgehead atoms. The molecule has 0 atom stereocenters. The largest absolute Gasteiger partial charge is 0.487 e. The predicted molar refractivity (Wildman–Crippen MR) is 108 cm³/mol. The van der Waals surface area contributed by atoms with E-state index in [0.717, 1.165) is 22.6 Å². The number of aromatic nitrogens is 3. The van der Waals surface area contributed by atoms with Gasteiger partial charge in [-0.3, -0.25) is 10.1 Å². The topological polar surface area (TPSA) is 77.1 Å². The molecule has 2 aromatic carbocycles. The third-order valence-electron chi connectivity index (χ3n) is 4.33. The molecule has 0 spiro atoms. The lowest BCUT2D eigenvalue weighted by atomic mass is 10.1. The maximum atomic E-state index is 12.5. The molecule has 2 heterocycles. The average molecular weight is 385 g/mol. The Bertz CT molecular complexity index is 1060. The molecular formula is C23H19N3O3. The number of hydrogen-bond donors (Lipinski definition) is 1. The van der Waals surface area contributed by atoms with Gasteiger partial charge >= 0.3 is 5.97 Å². The summed E-state index contributed by atoms with van der Waals surface area (Å²) < 4.78 is 11.2. The molecule has 0 aliphatic rings. The number of rotatable bonds is 7. The lowest BCUT2D eigenvalue weighted by Crippen LogP contribution is -2.06. The van der Waals surface area contributed by atoms with Crippen LogP contribution in [0.4, 0.5) is 0 Å². The molecule has 0 saturated carbocycles. The van der Waals surface area contributed by atoms with Crippen molar-refractivity contribution in [3.63, 3.8) is 0 Å². The van der Waals surface area contributed by atoms with Crippen LogP contribution >= 0.6 is 0 Å². The van der Waals surface area contributed by atoms with Crippen LogP contribution in [-0.4, -0.2) is 21.2 Å². The molecule has 6 nitrogen and oxygen atoms in total. The van der Waals surface area contributed by atoms with Gasteiger partial charge in [-0.2, -0.15) is 5.10 Å². The van der Waals surface area contributed by atoms with Gasteiger partial charge in [-0.15, -0.1) is 0 Å². The van der Waals surface area contributed by atoms with Crippen LogP contribution in [0.1, 0.15) is 21.6 Å². The summed E-state index contributed by atoms with van der Waals surface area (Å²) in [6.45, 7) is 0.566. The average Bonchev–Trinajstić information content (AvgIpc) is 3.28. The minimum absolute atomic E-state index is 0.165. The Balaban J connectivity index is 1.34. The molecule has 0 saturated heterocycles. The van der Waals surface area contributed by atoms with Crippen LogP contribution in [0, 0.1) is 0 Å². The van der Waals surface area contributed by atoms with Gasteiger partial charge in [0.2, 0.25) is 0 Å². The summed E-state index contributed by atoms with van der Waals surface area (Å²) in [5, 5.41) is 6.85. The Morgan fingerprint density at radius 2 is 1.69 bits per heavy atom. The van der Waals surface area contributed by atoms with Gasteiger partial charge in [-0.1, -0.05) is 48.5 Å². The first kappa shape index (κ1) is 18.4. The van der Waals surface area contributed by atoms with E-state index >= 15 is 0 Å². The van der Waals surface area contributed by atoms with Crippen molar-refractivity contribution in [1.82, 2.24) is 15.2 Å². The maximum absolute atomic E-state index is 12.5. The molecule has 4 aromatic rings. The molecule has 0 aliphatic carbocycles. The number of carbonyl (C=O) groups excluding carboxylic acids is 1. The van der Waals surface area contributed by atoms with Crippen LogP contribution in [0.15, 0.2) is 85.2 Å². The van der Waals surface area contributed by atoms with Crippen molar-refractivity contribution in [2.45, 2.75) is 13.2 Å². The summed E-state index contributed by atoms with van der Waals surface area (Å²) >= 11 is 0. The number of esters is 1. The van der Waals surface area contributed by atoms with E-state index in [1.165, 1.54) is 6.20 Å². The van der Waals surface area contributed by atoms with E-state index < -0.39 is 5.97 Å². The number of ether oxygens (including phenoxy) is 2. The van der Waals surface area contributed by atoms with E-state index in [-0.39, 0.29) is 6.61 Å². The smallest absolute Gasteiger partial charge is 0.342 e. The molecule has 0 amide bonds. The molecule has 144 valence electrons. The molecular weight excluding hydrogens is 366 g/mol. The van der Waals surface area contributed by atoms with Gasteiger partial charge in [-0.05, 0) is 29.8 Å². The fourth-order valence-electron chi connectivity index (χ4n) is 2.82. The highest BCUT2D eigenvalue weighted by Gasteiger charge is 2.16. The van der Waals surface area contributed by atoms with E-state index in [1.807, 2.05) is 72.8 Å². The zero-order chi connectivity index (χ0) is 19.9. The van der Waals surface area contributed by atoms with Gasteiger partial charge in [-0.25, -0.2) is 4.79 Å². The minimum Gasteiger partial charge on any atom is -0.487 e. The highest BCUT2D eigenvalue weighted by molar-refractivity contribution is 5.95. The van der Waals surface area contributed by atoms with Gasteiger partial charge in [0.05, 0.1) is 17.6 Å². The highest BCUT2D eigenvalue weighted by atomic mass is 16.5. The number of nitrogens with one attached hydrogen (secondary N) is 1. The van der Waals surface area contributed by atoms with Crippen LogP contribution < -0.4 is 4.74 Å². The summed E-state index contributed by atoms with van der Waals surface area (Å²) in [6.07, 6.45) is 3.22. The predicted octanol–water partition coefficient (Wildman–Crippen LogP) is 4.41. The fourth-order valence-corrected chi connectivity index (χ4v) is 2.82. The number of carbonyl (C=O) groups is 1. The van der Waals surface area contributed by atoms with Crippen molar-refractivity contribution in [1.29, 1.82) is 0 Å². The van der Waals surface area contributed by atoms with E-state index in [2.05, 4.69) is 15.2 Å². The number of nitrogens with zero attached hydrogens (tertiary/aromatic N) is 2. The Morgan fingerprint density at radius 3 is 2.45 bits per heavy atom. The molecule has 0 unspecified atom stereocenters. The Hall–Kier alpha value is -3.93. The van der Waals surface area contributed by atoms with Crippen LogP contribution in [0.25, 0.3) is 11.3 Å². The number of aromatic amines is 1. The second-order valence-electron chi connectivity index (χ2n) is 6.35. The summed E-state index contributed by atoms with van der Waals surface area (Å²) in [5.74, 6) is 0.306. The van der Waals surface area contributed by atoms with Crippen molar-refractivity contribution in [3.8, 4) is 17.0 Å². The van der Waals surface area contributed by atoms with Crippen molar-refractivity contribution in [2.24, 2.45) is 0 Å². The molecule has 0 aliphatic heterocycles. The number of pyridine rings is 1. The summed E-state index contributed by atoms with van der Waals surface area (Å²) in [7, 11) is 0. The number of hydrogen-bond acceptors (Lipinski definition) is 5. The van der Waals surface area contributed by atoms with Crippen molar-refractivity contribution in [2.75, 3.05) is 0 Å². The van der Waals surface area contributed by atoms with E-state index in [4.69, 9.17) is 9.47 Å². The Labute approximate surface area is 168 Å². The van der Waals surface area contributed by atoms with Gasteiger partial charge in [0, 0.05) is 11.8 Å². The number of H-pyrrole nitrogens is 1. The molecule has 6 heteroatoms. The van der Waals surface area contributed by atoms with Crippen LogP contribution in [0.3, 0.4) is 0 Å². The molecule has 0 radical (unpaired) electrons. The third kappa shape index (κ3) is 4.68. The first-order valence-corrected chi connectivity index (χ1v) is 9.17. The zero-order valence-corrected chi connectivity index (χ0v) is 15.6. The SMILES string of the molecule is O=C(OCc1ccc(OCc2ccccn2)cc1)c1cn[nH]c1-c1ccccc1. The fraction of sp³-hybridized carbons (Fsp3) is 0.0870. The minimum atomic E-state index is -0.423. The van der Waals surface area contributed by atoms with Crippen LogP contribution in [-0.2, 0) is 18.0 Å². The van der Waals surface area contributed by atoms with Gasteiger partial charge < -0.3 is 9.47 Å². The van der Waals surface area contributed by atoms with E-state index in [1.54, 1.807) is 6.20 Å². The van der Waals surface area contributed by atoms with Crippen molar-refractivity contribution < 1.29 is 14.3 Å². The van der Waals surface area contributed by atoms with Crippen LogP contribution in [0.2, 0.25) is 0 Å². The summed E-state index contributed by atoms with van der Waals surface area (Å²) in [4.78, 5) is 16.7. The summed E-state index contributed by atoms with van der Waals surface area (Å²) in [5.41, 5.74) is 3.67. The summed E-state index contributed by atoms with van der Waals surface area (Å²) in [6, 6.07) is 22.7. The normalized spacial score (nSPS) is 10.5. The third-order valence-corrected chi connectivity index (χ3v) is 4.33. The standard InChI is InChI=1S/C23H19N3O3/c27-23(21-14-25-26-22(21)18-6-2-1-3-7-18)29-15-17-9-11-20(12-10-17)28-16-19-8-4-5-13-24-19/h1-14H,15-16H2,(H,25,26). The lowest BCUT2D eigenvalue weighted by molar-refractivity contribution is 0.0473. The molecule has 29 heavy (non-hydrogen) atoms. The van der Waals surface area contributed by atoms with Crippen LogP contribution in [0.5, 0.6) is 5.75 Å². The molecule has 4 rings (SSSR count). The van der Waals surface area contributed by atoms with Crippen molar-refractivity contribution in [3.05, 3.63) is 102 Å². The Morgan fingerprint density at radius 1 is 0.897 bits per heavy atom. The zero-order valence-electron chi connectivity index (χ0n) is 15.6. The van der Waals surface area contributed by atoms with Gasteiger partial charge in [0.25, 0.3) is 0 Å². The highest BCUT2D eigenvalue weighted by Crippen LogP contribution is 2.22. The van der Waals surface area contributed by atoms with E-state index in [9.17, 15) is 4.79 Å². The monoisotopic (exact) mass is 385 g/mol. The first-order chi connectivity index (χ1) is 14.3. The molecule has 1 N–H and O–H groups in total. The van der Waals surface area contributed by atoms with E-state index in [0.29, 0.717) is 17.9 Å². The maximum Gasteiger partial charge on any atom is 0.342 e. The van der Waals surface area contributed by atoms with Gasteiger partial charge in [0.15, 0.2) is 0 Å². The second kappa shape index (κ2) is 8.84. The quantitative estimate of drug-likeness (QED) is 0.477. The Kier molecular flexibility index (Phi) is 5.62.